The van der Waals surface area contributed by atoms with Gasteiger partial charge in [0.15, 0.2) is 0 Å². The topological polar surface area (TPSA) is 49.4 Å². The summed E-state index contributed by atoms with van der Waals surface area (Å²) in [7, 11) is 0. The normalized spacial score (nSPS) is 17.2. The Labute approximate surface area is 142 Å². The largest absolute Gasteiger partial charge is 0.340 e. The minimum atomic E-state index is -0.689. The lowest BCUT2D eigenvalue weighted by atomic mass is 10.2. The van der Waals surface area contributed by atoms with E-state index in [0.717, 1.165) is 6.07 Å². The van der Waals surface area contributed by atoms with Crippen molar-refractivity contribution in [2.45, 2.75) is 12.5 Å². The number of carbonyl (C=O) groups excluding carboxylic acids is 2. The highest BCUT2D eigenvalue weighted by Crippen LogP contribution is 2.22. The van der Waals surface area contributed by atoms with E-state index in [0.29, 0.717) is 18.7 Å². The molecule has 0 spiro atoms. The van der Waals surface area contributed by atoms with E-state index in [1.165, 1.54) is 41.3 Å². The van der Waals surface area contributed by atoms with Crippen molar-refractivity contribution < 1.29 is 18.4 Å². The van der Waals surface area contributed by atoms with Crippen LogP contribution in [0, 0.1) is 11.6 Å². The van der Waals surface area contributed by atoms with Gasteiger partial charge in [-0.25, -0.2) is 8.78 Å². The van der Waals surface area contributed by atoms with Gasteiger partial charge >= 0.3 is 0 Å². The molecular weight excluding hydrogens is 338 g/mol. The zero-order valence-electron chi connectivity index (χ0n) is 12.4. The first-order valence-electron chi connectivity index (χ1n) is 7.28. The summed E-state index contributed by atoms with van der Waals surface area (Å²) in [5.74, 6) is -1.78. The fourth-order valence-corrected chi connectivity index (χ4v) is 2.75. The maximum Gasteiger partial charge on any atom is 0.251 e. The number of nitrogens with zero attached hydrogens (tertiary/aromatic N) is 1. The summed E-state index contributed by atoms with van der Waals surface area (Å²) >= 11 is 5.66. The van der Waals surface area contributed by atoms with Gasteiger partial charge in [0, 0.05) is 17.8 Å². The summed E-state index contributed by atoms with van der Waals surface area (Å²) in [6.45, 7) is 0.416. The maximum absolute atomic E-state index is 13.1. The molecule has 2 aromatic carbocycles. The molecule has 7 heteroatoms. The molecule has 2 aromatic rings. The van der Waals surface area contributed by atoms with Gasteiger partial charge in [0.1, 0.15) is 17.7 Å². The Morgan fingerprint density at radius 3 is 2.54 bits per heavy atom. The molecule has 4 nitrogen and oxygen atoms in total. The first kappa shape index (κ1) is 16.4. The molecule has 1 unspecified atom stereocenters. The monoisotopic (exact) mass is 350 g/mol. The summed E-state index contributed by atoms with van der Waals surface area (Å²) in [6, 6.07) is 8.49. The Bertz CT molecular complexity index is 796. The highest BCUT2D eigenvalue weighted by molar-refractivity contribution is 6.31. The summed E-state index contributed by atoms with van der Waals surface area (Å²) in [4.78, 5) is 26.1. The zero-order valence-corrected chi connectivity index (χ0v) is 13.2. The zero-order chi connectivity index (χ0) is 17.3. The van der Waals surface area contributed by atoms with Crippen molar-refractivity contribution in [3.63, 3.8) is 0 Å². The third-order valence-corrected chi connectivity index (χ3v) is 4.12. The number of carbonyl (C=O) groups is 2. The van der Waals surface area contributed by atoms with E-state index in [9.17, 15) is 18.4 Å². The fourth-order valence-electron chi connectivity index (χ4n) is 2.57. The van der Waals surface area contributed by atoms with E-state index in [1.807, 2.05) is 0 Å². The third kappa shape index (κ3) is 3.23. The average Bonchev–Trinajstić information content (AvgIpc) is 2.92. The van der Waals surface area contributed by atoms with Crippen LogP contribution < -0.4 is 10.2 Å². The number of hydrogen-bond donors (Lipinski definition) is 1. The molecule has 3 rings (SSSR count). The molecule has 1 fully saturated rings. The van der Waals surface area contributed by atoms with Gasteiger partial charge in [-0.2, -0.15) is 0 Å². The Hall–Kier alpha value is -2.47. The second-order valence-corrected chi connectivity index (χ2v) is 5.82. The van der Waals surface area contributed by atoms with Gasteiger partial charge < -0.3 is 10.2 Å². The lowest BCUT2D eigenvalue weighted by Gasteiger charge is -2.17. The molecule has 124 valence electrons. The van der Waals surface area contributed by atoms with E-state index in [-0.39, 0.29) is 22.3 Å². The lowest BCUT2D eigenvalue weighted by molar-refractivity contribution is -0.118. The molecule has 1 heterocycles. The molecule has 1 aliphatic heterocycles. The van der Waals surface area contributed by atoms with Gasteiger partial charge in [0.2, 0.25) is 5.91 Å². The Morgan fingerprint density at radius 1 is 1.17 bits per heavy atom. The molecule has 0 radical (unpaired) electrons. The molecule has 1 saturated heterocycles. The molecular formula is C17H13ClF2N2O2. The molecule has 1 N–H and O–H groups in total. The number of anilines is 1. The summed E-state index contributed by atoms with van der Waals surface area (Å²) < 4.78 is 26.1. The maximum atomic E-state index is 13.1. The van der Waals surface area contributed by atoms with Crippen molar-refractivity contribution in [2.24, 2.45) is 0 Å². The number of nitrogens with one attached hydrogen (secondary N) is 1. The van der Waals surface area contributed by atoms with Gasteiger partial charge in [-0.05, 0) is 48.9 Å². The first-order valence-corrected chi connectivity index (χ1v) is 7.66. The van der Waals surface area contributed by atoms with Gasteiger partial charge in [0.25, 0.3) is 5.91 Å². The molecule has 0 aromatic heterocycles. The van der Waals surface area contributed by atoms with Gasteiger partial charge in [-0.15, -0.1) is 0 Å². The number of halogens is 3. The molecule has 1 atom stereocenters. The second-order valence-electron chi connectivity index (χ2n) is 5.41. The van der Waals surface area contributed by atoms with Crippen LogP contribution in [0.25, 0.3) is 0 Å². The predicted molar refractivity (Wildman–Crippen MR) is 86.0 cm³/mol. The minimum Gasteiger partial charge on any atom is -0.340 e. The molecule has 2 amide bonds. The Balaban J connectivity index is 1.70. The third-order valence-electron chi connectivity index (χ3n) is 3.83. The fraction of sp³-hybridized carbons (Fsp3) is 0.176. The molecule has 24 heavy (non-hydrogen) atoms. The number of benzene rings is 2. The summed E-state index contributed by atoms with van der Waals surface area (Å²) in [5.41, 5.74) is 0.748. The van der Waals surface area contributed by atoms with Crippen LogP contribution in [0.5, 0.6) is 0 Å². The van der Waals surface area contributed by atoms with Gasteiger partial charge in [-0.1, -0.05) is 11.6 Å². The Kier molecular flexibility index (Phi) is 4.49. The molecule has 0 aliphatic carbocycles. The lowest BCUT2D eigenvalue weighted by Crippen LogP contribution is -2.41. The van der Waals surface area contributed by atoms with Crippen molar-refractivity contribution in [1.29, 1.82) is 0 Å². The van der Waals surface area contributed by atoms with Crippen molar-refractivity contribution >= 4 is 29.1 Å². The van der Waals surface area contributed by atoms with Gasteiger partial charge in [0.05, 0.1) is 5.02 Å². The van der Waals surface area contributed by atoms with E-state index < -0.39 is 17.8 Å². The summed E-state index contributed by atoms with van der Waals surface area (Å²) in [5, 5.41) is 2.46. The van der Waals surface area contributed by atoms with E-state index in [4.69, 9.17) is 11.6 Å². The van der Waals surface area contributed by atoms with Crippen LogP contribution in [0.2, 0.25) is 5.02 Å². The number of rotatable bonds is 3. The quantitative estimate of drug-likeness (QED) is 0.924. The van der Waals surface area contributed by atoms with Crippen LogP contribution in [0.4, 0.5) is 14.5 Å². The number of hydrogen-bond acceptors (Lipinski definition) is 2. The van der Waals surface area contributed by atoms with Gasteiger partial charge in [-0.3, -0.25) is 9.59 Å². The van der Waals surface area contributed by atoms with E-state index in [2.05, 4.69) is 5.32 Å². The SMILES string of the molecule is O=C(NC1CCN(c2ccc(F)cc2)C1=O)c1ccc(F)c(Cl)c1. The first-order chi connectivity index (χ1) is 11.5. The van der Waals surface area contributed by atoms with Crippen LogP contribution >= 0.6 is 11.6 Å². The number of amides is 2. The Morgan fingerprint density at radius 2 is 1.88 bits per heavy atom. The molecule has 0 saturated carbocycles. The smallest absolute Gasteiger partial charge is 0.251 e. The van der Waals surface area contributed by atoms with E-state index in [1.54, 1.807) is 0 Å². The molecule has 0 bridgehead atoms. The van der Waals surface area contributed by atoms with Crippen LogP contribution in [0.1, 0.15) is 16.8 Å². The van der Waals surface area contributed by atoms with Crippen molar-refractivity contribution in [3.05, 3.63) is 64.7 Å². The van der Waals surface area contributed by atoms with Crippen molar-refractivity contribution in [2.75, 3.05) is 11.4 Å². The highest BCUT2D eigenvalue weighted by Gasteiger charge is 2.33. The van der Waals surface area contributed by atoms with E-state index >= 15 is 0 Å². The average molecular weight is 351 g/mol. The molecule has 1 aliphatic rings. The van der Waals surface area contributed by atoms with Crippen LogP contribution in [-0.2, 0) is 4.79 Å². The van der Waals surface area contributed by atoms with Crippen LogP contribution in [0.3, 0.4) is 0 Å². The van der Waals surface area contributed by atoms with Crippen molar-refractivity contribution in [3.8, 4) is 0 Å². The second kappa shape index (κ2) is 6.57. The minimum absolute atomic E-state index is 0.159. The van der Waals surface area contributed by atoms with Crippen LogP contribution in [-0.4, -0.2) is 24.4 Å². The predicted octanol–water partition coefficient (Wildman–Crippen LogP) is 3.15. The van der Waals surface area contributed by atoms with Crippen LogP contribution in [0.15, 0.2) is 42.5 Å². The standard InChI is InChI=1S/C17H13ClF2N2O2/c18-13-9-10(1-6-14(13)20)16(23)21-15-7-8-22(17(15)24)12-4-2-11(19)3-5-12/h1-6,9,15H,7-8H2,(H,21,23). The summed E-state index contributed by atoms with van der Waals surface area (Å²) in [6.07, 6.45) is 0.427. The highest BCUT2D eigenvalue weighted by atomic mass is 35.5. The van der Waals surface area contributed by atoms with Crippen molar-refractivity contribution in [1.82, 2.24) is 5.32 Å².